The number of aliphatic hydroxyl groups is 1. The summed E-state index contributed by atoms with van der Waals surface area (Å²) in [5.41, 5.74) is 0. The fourth-order valence-electron chi connectivity index (χ4n) is 5.98. The van der Waals surface area contributed by atoms with Crippen LogP contribution >= 0.6 is 0 Å². The Kier molecular flexibility index (Phi) is 40.6. The zero-order valence-electron chi connectivity index (χ0n) is 34.3. The van der Waals surface area contributed by atoms with E-state index in [1.165, 1.54) is 32.1 Å². The molecule has 0 aliphatic carbocycles. The Labute approximate surface area is 320 Å². The molecule has 0 aromatic rings. The molecule has 0 bridgehead atoms. The first-order valence-corrected chi connectivity index (χ1v) is 21.7. The van der Waals surface area contributed by atoms with Crippen molar-refractivity contribution < 1.29 is 33.6 Å². The van der Waals surface area contributed by atoms with Gasteiger partial charge in [0, 0.05) is 32.6 Å². The highest BCUT2D eigenvalue weighted by Crippen LogP contribution is 2.13. The van der Waals surface area contributed by atoms with Crippen LogP contribution in [0.2, 0.25) is 0 Å². The van der Waals surface area contributed by atoms with E-state index >= 15 is 0 Å². The van der Waals surface area contributed by atoms with Crippen LogP contribution in [0.3, 0.4) is 0 Å². The molecule has 0 aromatic carbocycles. The third-order valence-electron chi connectivity index (χ3n) is 9.18. The Hall–Kier alpha value is -1.74. The minimum absolute atomic E-state index is 0.0523. The fraction of sp³-hybridized carbons (Fsp3) is 0.864. The van der Waals surface area contributed by atoms with E-state index in [-0.39, 0.29) is 24.8 Å². The molecule has 306 valence electrons. The number of carbonyl (C=O) groups is 2. The number of hydrogen-bond acceptors (Lipinski definition) is 8. The maximum Gasteiger partial charge on any atom is 0.305 e. The van der Waals surface area contributed by atoms with Crippen LogP contribution in [-0.2, 0) is 28.5 Å². The quantitative estimate of drug-likeness (QED) is 0.0287. The lowest BCUT2D eigenvalue weighted by Crippen LogP contribution is -2.29. The van der Waals surface area contributed by atoms with E-state index < -0.39 is 0 Å². The second-order valence-corrected chi connectivity index (χ2v) is 14.2. The molecule has 0 amide bonds. The molecule has 52 heavy (non-hydrogen) atoms. The van der Waals surface area contributed by atoms with Crippen molar-refractivity contribution in [3.8, 4) is 0 Å². The van der Waals surface area contributed by atoms with Gasteiger partial charge in [-0.2, -0.15) is 0 Å². The van der Waals surface area contributed by atoms with Crippen molar-refractivity contribution in [2.45, 2.75) is 194 Å². The number of esters is 2. The average molecular weight is 738 g/mol. The van der Waals surface area contributed by atoms with Gasteiger partial charge in [-0.3, -0.25) is 9.59 Å². The van der Waals surface area contributed by atoms with E-state index in [1.807, 2.05) is 0 Å². The lowest BCUT2D eigenvalue weighted by molar-refractivity contribution is -0.152. The number of ether oxygens (including phenoxy) is 4. The fourth-order valence-corrected chi connectivity index (χ4v) is 5.98. The maximum absolute atomic E-state index is 12.4. The molecule has 0 spiro atoms. The van der Waals surface area contributed by atoms with E-state index in [1.54, 1.807) is 0 Å². The molecule has 0 heterocycles. The predicted octanol–water partition coefficient (Wildman–Crippen LogP) is 11.0. The largest absolute Gasteiger partial charge is 0.466 e. The highest BCUT2D eigenvalue weighted by molar-refractivity contribution is 5.69. The van der Waals surface area contributed by atoms with Gasteiger partial charge in [0.1, 0.15) is 0 Å². The summed E-state index contributed by atoms with van der Waals surface area (Å²) in [5.74, 6) is -0.207. The van der Waals surface area contributed by atoms with E-state index in [0.717, 1.165) is 122 Å². The van der Waals surface area contributed by atoms with Crippen molar-refractivity contribution in [3.05, 3.63) is 24.3 Å². The summed E-state index contributed by atoms with van der Waals surface area (Å²) in [7, 11) is 0. The van der Waals surface area contributed by atoms with Gasteiger partial charge in [0.25, 0.3) is 0 Å². The Balaban J connectivity index is 4.02. The molecule has 0 fully saturated rings. The molecule has 8 nitrogen and oxygen atoms in total. The molecule has 0 saturated carbocycles. The maximum atomic E-state index is 12.4. The molecule has 0 unspecified atom stereocenters. The van der Waals surface area contributed by atoms with Crippen LogP contribution < -0.4 is 0 Å². The highest BCUT2D eigenvalue weighted by atomic mass is 16.7. The van der Waals surface area contributed by atoms with Crippen molar-refractivity contribution >= 4 is 11.9 Å². The minimum atomic E-state index is -0.268. The van der Waals surface area contributed by atoms with Gasteiger partial charge in [0.15, 0.2) is 6.29 Å². The first-order valence-electron chi connectivity index (χ1n) is 21.7. The van der Waals surface area contributed by atoms with E-state index in [9.17, 15) is 14.7 Å². The molecule has 0 saturated heterocycles. The van der Waals surface area contributed by atoms with Gasteiger partial charge in [0.05, 0.1) is 19.8 Å². The molecule has 0 radical (unpaired) electrons. The standard InChI is InChI=1S/C44H83NO7/c1-4-7-10-13-16-22-26-38-49-42(47)31-23-18-17-19-24-34-45(36-37-46)35-25-29-39-50-43(48)32-30-33-44(51-40-27-20-14-11-8-5-2)52-41-28-21-15-12-9-6-3/h8-9,11-12,44,46H,4-7,10,13-41H2,1-3H3/b11-8-,12-9-. The third-order valence-corrected chi connectivity index (χ3v) is 9.18. The van der Waals surface area contributed by atoms with E-state index in [0.29, 0.717) is 58.7 Å². The summed E-state index contributed by atoms with van der Waals surface area (Å²) in [6, 6.07) is 0. The smallest absolute Gasteiger partial charge is 0.305 e. The number of aliphatic hydroxyl groups excluding tert-OH is 1. The van der Waals surface area contributed by atoms with Crippen LogP contribution in [0.4, 0.5) is 0 Å². The van der Waals surface area contributed by atoms with Crippen LogP contribution in [-0.4, -0.2) is 80.9 Å². The van der Waals surface area contributed by atoms with Gasteiger partial charge >= 0.3 is 11.9 Å². The lowest BCUT2D eigenvalue weighted by Gasteiger charge is -2.21. The van der Waals surface area contributed by atoms with E-state index in [4.69, 9.17) is 18.9 Å². The average Bonchev–Trinajstić information content (AvgIpc) is 3.14. The van der Waals surface area contributed by atoms with Crippen molar-refractivity contribution in [2.24, 2.45) is 0 Å². The van der Waals surface area contributed by atoms with Crippen molar-refractivity contribution in [3.63, 3.8) is 0 Å². The van der Waals surface area contributed by atoms with Crippen LogP contribution in [0.5, 0.6) is 0 Å². The van der Waals surface area contributed by atoms with Gasteiger partial charge in [-0.15, -0.1) is 0 Å². The van der Waals surface area contributed by atoms with Crippen molar-refractivity contribution in [1.82, 2.24) is 4.90 Å². The summed E-state index contributed by atoms with van der Waals surface area (Å²) in [6.07, 6.45) is 35.1. The summed E-state index contributed by atoms with van der Waals surface area (Å²) in [5, 5.41) is 9.52. The molecule has 0 atom stereocenters. The molecule has 0 aromatic heterocycles. The Morgan fingerprint density at radius 3 is 1.54 bits per heavy atom. The zero-order valence-corrected chi connectivity index (χ0v) is 34.3. The Morgan fingerprint density at radius 2 is 0.981 bits per heavy atom. The molecular weight excluding hydrogens is 654 g/mol. The number of rotatable bonds is 41. The molecule has 1 N–H and O–H groups in total. The number of nitrogens with zero attached hydrogens (tertiary/aromatic N) is 1. The molecular formula is C44H83NO7. The SMILES string of the molecule is CC/C=C\CCCCOC(CCCC(=O)OCCCCN(CCO)CCCCCCCC(=O)OCCCCCCCCC)OCCCC/C=C\CC. The van der Waals surface area contributed by atoms with Gasteiger partial charge in [-0.1, -0.05) is 103 Å². The second kappa shape index (κ2) is 42.0. The summed E-state index contributed by atoms with van der Waals surface area (Å²) >= 11 is 0. The van der Waals surface area contributed by atoms with Crippen LogP contribution in [0, 0.1) is 0 Å². The molecule has 0 rings (SSSR count). The number of allylic oxidation sites excluding steroid dienone is 4. The van der Waals surface area contributed by atoms with Crippen molar-refractivity contribution in [1.29, 1.82) is 0 Å². The van der Waals surface area contributed by atoms with Gasteiger partial charge in [0.2, 0.25) is 0 Å². The van der Waals surface area contributed by atoms with Gasteiger partial charge in [-0.05, 0) is 109 Å². The monoisotopic (exact) mass is 738 g/mol. The van der Waals surface area contributed by atoms with Gasteiger partial charge in [-0.25, -0.2) is 0 Å². The Bertz CT molecular complexity index is 794. The summed E-state index contributed by atoms with van der Waals surface area (Å²) in [4.78, 5) is 26.7. The third kappa shape index (κ3) is 38.0. The van der Waals surface area contributed by atoms with Gasteiger partial charge < -0.3 is 29.0 Å². The summed E-state index contributed by atoms with van der Waals surface area (Å²) in [6.45, 7) is 11.6. The molecule has 8 heteroatoms. The number of hydrogen-bond donors (Lipinski definition) is 1. The first-order chi connectivity index (χ1) is 25.6. The first kappa shape index (κ1) is 50.3. The molecule has 0 aliphatic rings. The lowest BCUT2D eigenvalue weighted by atomic mass is 10.1. The molecule has 0 aliphatic heterocycles. The second-order valence-electron chi connectivity index (χ2n) is 14.2. The van der Waals surface area contributed by atoms with Crippen molar-refractivity contribution in [2.75, 3.05) is 52.7 Å². The van der Waals surface area contributed by atoms with Crippen LogP contribution in [0.25, 0.3) is 0 Å². The van der Waals surface area contributed by atoms with Crippen LogP contribution in [0.15, 0.2) is 24.3 Å². The normalized spacial score (nSPS) is 11.9. The number of carbonyl (C=O) groups excluding carboxylic acids is 2. The van der Waals surface area contributed by atoms with Crippen LogP contribution in [0.1, 0.15) is 188 Å². The number of unbranched alkanes of at least 4 members (excludes halogenated alkanes) is 15. The summed E-state index contributed by atoms with van der Waals surface area (Å²) < 4.78 is 23.1. The van der Waals surface area contributed by atoms with E-state index in [2.05, 4.69) is 50.0 Å². The minimum Gasteiger partial charge on any atom is -0.466 e. The predicted molar refractivity (Wildman–Crippen MR) is 216 cm³/mol. The topological polar surface area (TPSA) is 94.5 Å². The Morgan fingerprint density at radius 1 is 0.519 bits per heavy atom. The highest BCUT2D eigenvalue weighted by Gasteiger charge is 2.12. The zero-order chi connectivity index (χ0) is 38.0.